The quantitative estimate of drug-likeness (QED) is 0.788. The van der Waals surface area contributed by atoms with E-state index in [0.29, 0.717) is 24.5 Å². The zero-order valence-corrected chi connectivity index (χ0v) is 16.9. The molecule has 29 heavy (non-hydrogen) atoms. The van der Waals surface area contributed by atoms with Gasteiger partial charge in [0.25, 0.3) is 5.91 Å². The van der Waals surface area contributed by atoms with E-state index in [4.69, 9.17) is 0 Å². The second-order valence-corrected chi connectivity index (χ2v) is 8.34. The van der Waals surface area contributed by atoms with Crippen LogP contribution in [0, 0.1) is 0 Å². The van der Waals surface area contributed by atoms with E-state index < -0.39 is 5.25 Å². The summed E-state index contributed by atoms with van der Waals surface area (Å²) in [5, 5.41) is 1.97. The molecule has 1 saturated heterocycles. The van der Waals surface area contributed by atoms with E-state index in [1.54, 1.807) is 17.0 Å². The second-order valence-electron chi connectivity index (χ2n) is 7.19. The molecule has 2 heterocycles. The fraction of sp³-hybridized carbons (Fsp3) is 0.318. The van der Waals surface area contributed by atoms with Crippen LogP contribution in [0.25, 0.3) is 0 Å². The number of hydrogen-bond acceptors (Lipinski definition) is 4. The molecule has 0 saturated carbocycles. The van der Waals surface area contributed by atoms with Gasteiger partial charge in [-0.05, 0) is 43.5 Å². The summed E-state index contributed by atoms with van der Waals surface area (Å²) >= 11 is 1.29. The summed E-state index contributed by atoms with van der Waals surface area (Å²) < 4.78 is 0. The van der Waals surface area contributed by atoms with Crippen molar-refractivity contribution in [3.63, 3.8) is 0 Å². The summed E-state index contributed by atoms with van der Waals surface area (Å²) in [6.45, 7) is 1.26. The van der Waals surface area contributed by atoms with Crippen LogP contribution in [0.4, 0.5) is 11.4 Å². The standard InChI is InChI=1S/C22H23N3O3S/c26-19(23-16-9-3-1-4-10-16)15-25-17-11-5-6-12-18(17)29-20(22(25)28)21(27)24-13-7-2-8-14-24/h1,3-6,9-12,20H,2,7-8,13-15H2,(H,23,26)/t20-/m1/s1. The number of nitrogens with one attached hydrogen (secondary N) is 1. The Morgan fingerprint density at radius 1 is 0.966 bits per heavy atom. The summed E-state index contributed by atoms with van der Waals surface area (Å²) in [7, 11) is 0. The maximum absolute atomic E-state index is 13.2. The van der Waals surface area contributed by atoms with Crippen LogP contribution in [0.5, 0.6) is 0 Å². The molecule has 3 amide bonds. The molecule has 0 unspecified atom stereocenters. The second kappa shape index (κ2) is 8.69. The lowest BCUT2D eigenvalue weighted by molar-refractivity contribution is -0.135. The molecule has 6 nitrogen and oxygen atoms in total. The van der Waals surface area contributed by atoms with Crippen molar-refractivity contribution >= 4 is 40.9 Å². The SMILES string of the molecule is O=C(CN1C(=O)[C@@H](C(=O)N2CCCCC2)Sc2ccccc21)Nc1ccccc1. The molecule has 1 fully saturated rings. The highest BCUT2D eigenvalue weighted by Gasteiger charge is 2.40. The number of hydrogen-bond donors (Lipinski definition) is 1. The molecule has 2 aliphatic rings. The van der Waals surface area contributed by atoms with Crippen molar-refractivity contribution in [2.24, 2.45) is 0 Å². The monoisotopic (exact) mass is 409 g/mol. The van der Waals surface area contributed by atoms with Crippen LogP contribution in [-0.2, 0) is 14.4 Å². The van der Waals surface area contributed by atoms with Gasteiger partial charge in [0, 0.05) is 23.7 Å². The van der Waals surface area contributed by atoms with Gasteiger partial charge in [0.05, 0.1) is 5.69 Å². The molecular formula is C22H23N3O3S. The Hall–Kier alpha value is -2.80. The van der Waals surface area contributed by atoms with E-state index >= 15 is 0 Å². The highest BCUT2D eigenvalue weighted by Crippen LogP contribution is 2.39. The molecule has 0 aromatic heterocycles. The van der Waals surface area contributed by atoms with Crippen LogP contribution in [-0.4, -0.2) is 47.5 Å². The average molecular weight is 410 g/mol. The first-order valence-corrected chi connectivity index (χ1v) is 10.7. The van der Waals surface area contributed by atoms with Gasteiger partial charge in [-0.1, -0.05) is 30.3 Å². The Kier molecular flexibility index (Phi) is 5.85. The van der Waals surface area contributed by atoms with E-state index in [1.807, 2.05) is 42.5 Å². The first-order valence-electron chi connectivity index (χ1n) is 9.84. The number of amides is 3. The van der Waals surface area contributed by atoms with Crippen molar-refractivity contribution < 1.29 is 14.4 Å². The first kappa shape index (κ1) is 19.5. The van der Waals surface area contributed by atoms with Crippen molar-refractivity contribution in [1.82, 2.24) is 4.90 Å². The number of likely N-dealkylation sites (tertiary alicyclic amines) is 1. The number of carbonyl (C=O) groups excluding carboxylic acids is 3. The predicted molar refractivity (Wildman–Crippen MR) is 114 cm³/mol. The Morgan fingerprint density at radius 2 is 1.66 bits per heavy atom. The summed E-state index contributed by atoms with van der Waals surface area (Å²) in [5.41, 5.74) is 1.35. The predicted octanol–water partition coefficient (Wildman–Crippen LogP) is 3.15. The van der Waals surface area contributed by atoms with Crippen LogP contribution in [0.1, 0.15) is 19.3 Å². The van der Waals surface area contributed by atoms with Crippen molar-refractivity contribution in [3.05, 3.63) is 54.6 Å². The minimum absolute atomic E-state index is 0.130. The van der Waals surface area contributed by atoms with E-state index in [1.165, 1.54) is 16.7 Å². The molecule has 0 aliphatic carbocycles. The number of piperidine rings is 1. The zero-order chi connectivity index (χ0) is 20.2. The maximum Gasteiger partial charge on any atom is 0.250 e. The molecule has 150 valence electrons. The summed E-state index contributed by atoms with van der Waals surface area (Å²) in [5.74, 6) is -0.773. The normalized spacial score (nSPS) is 18.9. The van der Waals surface area contributed by atoms with Crippen LogP contribution < -0.4 is 10.2 Å². The van der Waals surface area contributed by atoms with Crippen molar-refractivity contribution in [1.29, 1.82) is 0 Å². The summed E-state index contributed by atoms with van der Waals surface area (Å²) in [6.07, 6.45) is 3.05. The van der Waals surface area contributed by atoms with Gasteiger partial charge in [-0.3, -0.25) is 14.4 Å². The molecule has 4 rings (SSSR count). The van der Waals surface area contributed by atoms with E-state index in [-0.39, 0.29) is 24.3 Å². The highest BCUT2D eigenvalue weighted by molar-refractivity contribution is 8.01. The van der Waals surface area contributed by atoms with Crippen LogP contribution in [0.15, 0.2) is 59.5 Å². The summed E-state index contributed by atoms with van der Waals surface area (Å²) in [4.78, 5) is 43.0. The van der Waals surface area contributed by atoms with Gasteiger partial charge in [-0.25, -0.2) is 0 Å². The topological polar surface area (TPSA) is 69.7 Å². The van der Waals surface area contributed by atoms with Crippen molar-refractivity contribution in [2.75, 3.05) is 29.9 Å². The molecule has 7 heteroatoms. The van der Waals surface area contributed by atoms with Gasteiger partial charge in [0.15, 0.2) is 5.25 Å². The van der Waals surface area contributed by atoms with Gasteiger partial charge < -0.3 is 15.1 Å². The van der Waals surface area contributed by atoms with E-state index in [9.17, 15) is 14.4 Å². The Balaban J connectivity index is 1.55. The third-order valence-corrected chi connectivity index (χ3v) is 6.38. The van der Waals surface area contributed by atoms with Crippen molar-refractivity contribution in [2.45, 2.75) is 29.4 Å². The third kappa shape index (κ3) is 4.29. The molecule has 0 radical (unpaired) electrons. The van der Waals surface area contributed by atoms with Gasteiger partial charge in [-0.2, -0.15) is 0 Å². The number of anilines is 2. The number of rotatable bonds is 4. The number of nitrogens with zero attached hydrogens (tertiary/aromatic N) is 2. The molecule has 0 spiro atoms. The maximum atomic E-state index is 13.2. The van der Waals surface area contributed by atoms with Crippen LogP contribution >= 0.6 is 11.8 Å². The van der Waals surface area contributed by atoms with Crippen LogP contribution in [0.2, 0.25) is 0 Å². The molecular weight excluding hydrogens is 386 g/mol. The fourth-order valence-corrected chi connectivity index (χ4v) is 4.87. The Labute approximate surface area is 174 Å². The zero-order valence-electron chi connectivity index (χ0n) is 16.0. The smallest absolute Gasteiger partial charge is 0.250 e. The van der Waals surface area contributed by atoms with Gasteiger partial charge in [-0.15, -0.1) is 11.8 Å². The summed E-state index contributed by atoms with van der Waals surface area (Å²) in [6, 6.07) is 16.6. The van der Waals surface area contributed by atoms with Crippen LogP contribution in [0.3, 0.4) is 0 Å². The lowest BCUT2D eigenvalue weighted by Gasteiger charge is -2.36. The van der Waals surface area contributed by atoms with Gasteiger partial charge in [0.1, 0.15) is 6.54 Å². The van der Waals surface area contributed by atoms with E-state index in [0.717, 1.165) is 24.2 Å². The number of carbonyl (C=O) groups is 3. The molecule has 2 aromatic carbocycles. The lowest BCUT2D eigenvalue weighted by atomic mass is 10.1. The first-order chi connectivity index (χ1) is 14.1. The minimum atomic E-state index is -0.840. The molecule has 2 aliphatic heterocycles. The van der Waals surface area contributed by atoms with Gasteiger partial charge >= 0.3 is 0 Å². The third-order valence-electron chi connectivity index (χ3n) is 5.14. The number of benzene rings is 2. The largest absolute Gasteiger partial charge is 0.341 e. The van der Waals surface area contributed by atoms with E-state index in [2.05, 4.69) is 5.32 Å². The number of fused-ring (bicyclic) bond motifs is 1. The Morgan fingerprint density at radius 3 is 2.41 bits per heavy atom. The van der Waals surface area contributed by atoms with Crippen molar-refractivity contribution in [3.8, 4) is 0 Å². The highest BCUT2D eigenvalue weighted by atomic mass is 32.2. The number of para-hydroxylation sites is 2. The average Bonchev–Trinajstić information content (AvgIpc) is 2.76. The van der Waals surface area contributed by atoms with Gasteiger partial charge in [0.2, 0.25) is 11.8 Å². The Bertz CT molecular complexity index is 913. The minimum Gasteiger partial charge on any atom is -0.341 e. The molecule has 1 atom stereocenters. The molecule has 0 bridgehead atoms. The fourth-order valence-electron chi connectivity index (χ4n) is 3.68. The molecule has 2 aromatic rings. The number of thioether (sulfide) groups is 1. The molecule has 1 N–H and O–H groups in total. The lowest BCUT2D eigenvalue weighted by Crippen LogP contribution is -2.52.